The van der Waals surface area contributed by atoms with E-state index in [-0.39, 0.29) is 5.41 Å². The van der Waals surface area contributed by atoms with Gasteiger partial charge in [0.15, 0.2) is 0 Å². The molecule has 0 bridgehead atoms. The van der Waals surface area contributed by atoms with Crippen LogP contribution >= 0.6 is 0 Å². The lowest BCUT2D eigenvalue weighted by Crippen LogP contribution is -2.33. The molecule has 1 saturated carbocycles. The summed E-state index contributed by atoms with van der Waals surface area (Å²) in [4.78, 5) is 0. The number of aromatic hydroxyl groups is 1. The Bertz CT molecular complexity index is 431. The van der Waals surface area contributed by atoms with Crippen molar-refractivity contribution in [1.82, 2.24) is 0 Å². The number of aryl methyl sites for hydroxylation is 1. The average molecular weight is 247 g/mol. The standard InChI is InChI=1S/C16H25NO/c1-11(2)13-9-14(12(3)8-15(13)18)16(10-17)6-4-5-7-16/h8-9,11,18H,4-7,10,17H2,1-3H3. The molecule has 1 aliphatic rings. The second-order valence-corrected chi connectivity index (χ2v) is 6.07. The van der Waals surface area contributed by atoms with Gasteiger partial charge in [-0.2, -0.15) is 0 Å². The first-order valence-electron chi connectivity index (χ1n) is 7.04. The highest BCUT2D eigenvalue weighted by Crippen LogP contribution is 2.43. The van der Waals surface area contributed by atoms with E-state index in [0.29, 0.717) is 11.7 Å². The fourth-order valence-corrected chi connectivity index (χ4v) is 3.38. The monoisotopic (exact) mass is 247 g/mol. The van der Waals surface area contributed by atoms with E-state index in [0.717, 1.165) is 12.1 Å². The Labute approximate surface area is 110 Å². The quantitative estimate of drug-likeness (QED) is 0.857. The van der Waals surface area contributed by atoms with Gasteiger partial charge in [-0.05, 0) is 48.4 Å². The third-order valence-electron chi connectivity index (χ3n) is 4.52. The topological polar surface area (TPSA) is 46.2 Å². The van der Waals surface area contributed by atoms with Gasteiger partial charge in [-0.3, -0.25) is 0 Å². The molecule has 18 heavy (non-hydrogen) atoms. The normalized spacial score (nSPS) is 18.5. The molecular formula is C16H25NO. The van der Waals surface area contributed by atoms with Crippen LogP contribution in [0.3, 0.4) is 0 Å². The van der Waals surface area contributed by atoms with Crippen LogP contribution in [0.25, 0.3) is 0 Å². The molecule has 2 nitrogen and oxygen atoms in total. The van der Waals surface area contributed by atoms with Gasteiger partial charge < -0.3 is 10.8 Å². The van der Waals surface area contributed by atoms with Gasteiger partial charge in [-0.15, -0.1) is 0 Å². The fourth-order valence-electron chi connectivity index (χ4n) is 3.38. The summed E-state index contributed by atoms with van der Waals surface area (Å²) in [6, 6.07) is 4.12. The third kappa shape index (κ3) is 2.14. The van der Waals surface area contributed by atoms with E-state index in [1.54, 1.807) is 0 Å². The van der Waals surface area contributed by atoms with E-state index >= 15 is 0 Å². The lowest BCUT2D eigenvalue weighted by atomic mass is 9.75. The van der Waals surface area contributed by atoms with Crippen LogP contribution in [-0.2, 0) is 5.41 Å². The van der Waals surface area contributed by atoms with E-state index in [1.165, 1.54) is 36.8 Å². The molecule has 0 unspecified atom stereocenters. The minimum Gasteiger partial charge on any atom is -0.508 e. The first-order chi connectivity index (χ1) is 8.50. The first-order valence-corrected chi connectivity index (χ1v) is 7.04. The molecule has 2 heteroatoms. The van der Waals surface area contributed by atoms with Crippen molar-refractivity contribution < 1.29 is 5.11 Å². The molecule has 1 aliphatic carbocycles. The van der Waals surface area contributed by atoms with Crippen LogP contribution in [0.5, 0.6) is 5.75 Å². The predicted molar refractivity (Wildman–Crippen MR) is 76.1 cm³/mol. The maximum Gasteiger partial charge on any atom is 0.119 e. The summed E-state index contributed by atoms with van der Waals surface area (Å²) in [7, 11) is 0. The van der Waals surface area contributed by atoms with E-state index in [1.807, 2.05) is 6.07 Å². The molecule has 1 fully saturated rings. The lowest BCUT2D eigenvalue weighted by molar-refractivity contribution is 0.441. The number of nitrogens with two attached hydrogens (primary N) is 1. The lowest BCUT2D eigenvalue weighted by Gasteiger charge is -2.31. The fraction of sp³-hybridized carbons (Fsp3) is 0.625. The van der Waals surface area contributed by atoms with E-state index in [9.17, 15) is 5.11 Å². The van der Waals surface area contributed by atoms with Gasteiger partial charge in [-0.25, -0.2) is 0 Å². The molecule has 0 heterocycles. The maximum absolute atomic E-state index is 10.1. The first kappa shape index (κ1) is 13.4. The van der Waals surface area contributed by atoms with Crippen molar-refractivity contribution in [3.8, 4) is 5.75 Å². The zero-order valence-electron chi connectivity index (χ0n) is 11.8. The second kappa shape index (κ2) is 4.93. The maximum atomic E-state index is 10.1. The molecule has 0 aromatic heterocycles. The zero-order valence-corrected chi connectivity index (χ0v) is 11.8. The third-order valence-corrected chi connectivity index (χ3v) is 4.52. The summed E-state index contributed by atoms with van der Waals surface area (Å²) in [6.45, 7) is 7.06. The summed E-state index contributed by atoms with van der Waals surface area (Å²) in [5.41, 5.74) is 9.83. The molecule has 0 aliphatic heterocycles. The zero-order chi connectivity index (χ0) is 13.3. The molecule has 100 valence electrons. The van der Waals surface area contributed by atoms with Crippen molar-refractivity contribution in [2.75, 3.05) is 6.54 Å². The minimum absolute atomic E-state index is 0.154. The van der Waals surface area contributed by atoms with Crippen LogP contribution in [0.2, 0.25) is 0 Å². The van der Waals surface area contributed by atoms with Crippen LogP contribution in [0.1, 0.15) is 62.1 Å². The molecule has 0 saturated heterocycles. The number of benzene rings is 1. The van der Waals surface area contributed by atoms with Crippen molar-refractivity contribution in [3.05, 3.63) is 28.8 Å². The van der Waals surface area contributed by atoms with Crippen molar-refractivity contribution in [3.63, 3.8) is 0 Å². The summed E-state index contributed by atoms with van der Waals surface area (Å²) in [5.74, 6) is 0.775. The Morgan fingerprint density at radius 2 is 1.89 bits per heavy atom. The van der Waals surface area contributed by atoms with Crippen LogP contribution in [0.15, 0.2) is 12.1 Å². The van der Waals surface area contributed by atoms with Crippen LogP contribution in [0.4, 0.5) is 0 Å². The number of hydrogen-bond acceptors (Lipinski definition) is 2. The second-order valence-electron chi connectivity index (χ2n) is 6.07. The highest BCUT2D eigenvalue weighted by Gasteiger charge is 2.35. The van der Waals surface area contributed by atoms with E-state index < -0.39 is 0 Å². The Balaban J connectivity index is 2.52. The summed E-state index contributed by atoms with van der Waals surface area (Å²) in [5, 5.41) is 10.1. The van der Waals surface area contributed by atoms with Gasteiger partial charge in [0.2, 0.25) is 0 Å². The molecule has 1 aromatic carbocycles. The van der Waals surface area contributed by atoms with Crippen molar-refractivity contribution in [1.29, 1.82) is 0 Å². The van der Waals surface area contributed by atoms with Crippen LogP contribution in [0, 0.1) is 6.92 Å². The summed E-state index contributed by atoms with van der Waals surface area (Å²) in [6.07, 6.45) is 4.92. The molecule has 0 radical (unpaired) electrons. The van der Waals surface area contributed by atoms with Crippen LogP contribution in [-0.4, -0.2) is 11.7 Å². The van der Waals surface area contributed by atoms with Gasteiger partial charge in [0.25, 0.3) is 0 Å². The highest BCUT2D eigenvalue weighted by atomic mass is 16.3. The summed E-state index contributed by atoms with van der Waals surface area (Å²) >= 11 is 0. The number of hydrogen-bond donors (Lipinski definition) is 2. The predicted octanol–water partition coefficient (Wildman–Crippen LogP) is 3.59. The smallest absolute Gasteiger partial charge is 0.119 e. The number of rotatable bonds is 3. The van der Waals surface area contributed by atoms with E-state index in [2.05, 4.69) is 26.8 Å². The molecule has 3 N–H and O–H groups in total. The van der Waals surface area contributed by atoms with Gasteiger partial charge >= 0.3 is 0 Å². The van der Waals surface area contributed by atoms with Crippen molar-refractivity contribution >= 4 is 0 Å². The Kier molecular flexibility index (Phi) is 3.67. The van der Waals surface area contributed by atoms with Gasteiger partial charge in [0.1, 0.15) is 5.75 Å². The number of phenols is 1. The summed E-state index contributed by atoms with van der Waals surface area (Å²) < 4.78 is 0. The molecule has 1 aromatic rings. The molecule has 0 atom stereocenters. The van der Waals surface area contributed by atoms with Crippen molar-refractivity contribution in [2.24, 2.45) is 5.73 Å². The highest BCUT2D eigenvalue weighted by molar-refractivity contribution is 5.46. The van der Waals surface area contributed by atoms with Crippen LogP contribution < -0.4 is 5.73 Å². The average Bonchev–Trinajstić information content (AvgIpc) is 2.78. The molecular weight excluding hydrogens is 222 g/mol. The van der Waals surface area contributed by atoms with Gasteiger partial charge in [-0.1, -0.05) is 32.8 Å². The van der Waals surface area contributed by atoms with E-state index in [4.69, 9.17) is 5.73 Å². The Hall–Kier alpha value is -1.02. The molecule has 2 rings (SSSR count). The molecule has 0 amide bonds. The Morgan fingerprint density at radius 3 is 2.39 bits per heavy atom. The van der Waals surface area contributed by atoms with Gasteiger partial charge in [0, 0.05) is 12.0 Å². The minimum atomic E-state index is 0.154. The largest absolute Gasteiger partial charge is 0.508 e. The Morgan fingerprint density at radius 1 is 1.28 bits per heavy atom. The van der Waals surface area contributed by atoms with Gasteiger partial charge in [0.05, 0.1) is 0 Å². The van der Waals surface area contributed by atoms with Crippen molar-refractivity contribution in [2.45, 2.75) is 57.8 Å². The SMILES string of the molecule is Cc1cc(O)c(C(C)C)cc1C1(CN)CCCC1. The number of phenolic OH excluding ortho intramolecular Hbond substituents is 1. The molecule has 0 spiro atoms.